The van der Waals surface area contributed by atoms with Crippen LogP contribution in [0.5, 0.6) is 0 Å². The highest BCUT2D eigenvalue weighted by Crippen LogP contribution is 2.33. The molecule has 0 radical (unpaired) electrons. The SMILES string of the molecule is C/C(c1ccc2c(c1)c1ccccc1n2-c1ccccc1)=c1/cccc/c1=c1\cccc2c1=N2. The summed E-state index contributed by atoms with van der Waals surface area (Å²) in [5.74, 6) is 0. The number of hydrogen-bond donors (Lipinski definition) is 0. The van der Waals surface area contributed by atoms with Crippen LogP contribution in [-0.4, -0.2) is 4.57 Å². The molecule has 2 heterocycles. The van der Waals surface area contributed by atoms with Crippen molar-refractivity contribution < 1.29 is 0 Å². The van der Waals surface area contributed by atoms with Crippen molar-refractivity contribution >= 4 is 33.1 Å². The zero-order valence-corrected chi connectivity index (χ0v) is 18.9. The highest BCUT2D eigenvalue weighted by Gasteiger charge is 2.13. The van der Waals surface area contributed by atoms with Gasteiger partial charge in [-0.3, -0.25) is 0 Å². The molecule has 0 N–H and O–H groups in total. The van der Waals surface area contributed by atoms with E-state index in [1.165, 1.54) is 54.3 Å². The maximum Gasteiger partial charge on any atom is 0.0973 e. The Hall–Kier alpha value is -4.43. The molecule has 1 aromatic heterocycles. The molecule has 0 spiro atoms. The highest BCUT2D eigenvalue weighted by molar-refractivity contribution is 6.10. The second kappa shape index (κ2) is 7.29. The molecule has 6 aromatic rings. The third-order valence-electron chi connectivity index (χ3n) is 6.94. The molecule has 160 valence electrons. The number of rotatable bonds is 2. The van der Waals surface area contributed by atoms with Crippen LogP contribution in [0.15, 0.2) is 120 Å². The van der Waals surface area contributed by atoms with E-state index in [0.29, 0.717) is 0 Å². The lowest BCUT2D eigenvalue weighted by atomic mass is 10.0. The normalized spacial score (nSPS) is 14.0. The van der Waals surface area contributed by atoms with Crippen LogP contribution in [0.2, 0.25) is 0 Å². The number of hydrogen-bond acceptors (Lipinski definition) is 1. The van der Waals surface area contributed by atoms with Crippen LogP contribution in [0.1, 0.15) is 12.5 Å². The maximum absolute atomic E-state index is 4.56. The molecule has 5 aromatic carbocycles. The maximum atomic E-state index is 4.56. The molecule has 1 aliphatic heterocycles. The fourth-order valence-electron chi connectivity index (χ4n) is 5.20. The Balaban J connectivity index is 1.55. The zero-order chi connectivity index (χ0) is 22.6. The summed E-state index contributed by atoms with van der Waals surface area (Å²) in [4.78, 5) is 4.56. The van der Waals surface area contributed by atoms with Crippen molar-refractivity contribution in [2.45, 2.75) is 6.92 Å². The van der Waals surface area contributed by atoms with Gasteiger partial charge in [0.1, 0.15) is 0 Å². The van der Waals surface area contributed by atoms with Crippen LogP contribution in [-0.2, 0) is 0 Å². The van der Waals surface area contributed by atoms with Crippen LogP contribution >= 0.6 is 0 Å². The van der Waals surface area contributed by atoms with Gasteiger partial charge in [-0.25, -0.2) is 4.99 Å². The molecule has 1 aliphatic rings. The predicted molar refractivity (Wildman–Crippen MR) is 140 cm³/mol. The van der Waals surface area contributed by atoms with E-state index in [-0.39, 0.29) is 0 Å². The fourth-order valence-corrected chi connectivity index (χ4v) is 5.20. The van der Waals surface area contributed by atoms with Crippen molar-refractivity contribution in [1.82, 2.24) is 4.57 Å². The third-order valence-corrected chi connectivity index (χ3v) is 6.94. The average molecular weight is 435 g/mol. The van der Waals surface area contributed by atoms with Gasteiger partial charge in [0.25, 0.3) is 0 Å². The summed E-state index contributed by atoms with van der Waals surface area (Å²) >= 11 is 0. The van der Waals surface area contributed by atoms with Gasteiger partial charge in [-0.15, -0.1) is 0 Å². The lowest BCUT2D eigenvalue weighted by Gasteiger charge is -2.08. The first kappa shape index (κ1) is 19.1. The minimum absolute atomic E-state index is 1.11. The van der Waals surface area contributed by atoms with Crippen LogP contribution in [0.3, 0.4) is 0 Å². The molecule has 0 amide bonds. The number of nitrogens with zero attached hydrogens (tertiary/aromatic N) is 2. The zero-order valence-electron chi connectivity index (χ0n) is 18.9. The Morgan fingerprint density at radius 1 is 0.618 bits per heavy atom. The van der Waals surface area contributed by atoms with Gasteiger partial charge in [-0.1, -0.05) is 78.9 Å². The lowest BCUT2D eigenvalue weighted by Crippen LogP contribution is -2.09. The number of benzene rings is 5. The van der Waals surface area contributed by atoms with Gasteiger partial charge in [-0.05, 0) is 64.9 Å². The van der Waals surface area contributed by atoms with E-state index in [4.69, 9.17) is 0 Å². The van der Waals surface area contributed by atoms with Crippen molar-refractivity contribution in [2.75, 3.05) is 0 Å². The Kier molecular flexibility index (Phi) is 4.09. The Bertz CT molecular complexity index is 1960. The van der Waals surface area contributed by atoms with Gasteiger partial charge >= 0.3 is 0 Å². The van der Waals surface area contributed by atoms with Crippen LogP contribution in [0, 0.1) is 10.4 Å². The molecule has 34 heavy (non-hydrogen) atoms. The van der Waals surface area contributed by atoms with Crippen LogP contribution < -0.4 is 10.6 Å². The molecular formula is C32H22N2. The standard InChI is InChI=1S/C32H22N2/c1-21(24-12-5-6-13-25(24)27-15-9-16-29-32(27)33-29)22-18-19-31-28(20-22)26-14-7-8-17-30(26)34(31)23-10-3-2-4-11-23/h2-20H,1H3/b24-21+,27-25-. The summed E-state index contributed by atoms with van der Waals surface area (Å²) < 4.78 is 2.36. The molecule has 0 atom stereocenters. The van der Waals surface area contributed by atoms with Crippen molar-refractivity contribution in [3.8, 4) is 5.69 Å². The van der Waals surface area contributed by atoms with Gasteiger partial charge in [0.2, 0.25) is 0 Å². The summed E-state index contributed by atoms with van der Waals surface area (Å²) in [6.07, 6.45) is 0. The number of fused-ring (bicyclic) bond motifs is 4. The van der Waals surface area contributed by atoms with Crippen molar-refractivity contribution in [2.24, 2.45) is 4.99 Å². The van der Waals surface area contributed by atoms with E-state index in [9.17, 15) is 0 Å². The minimum atomic E-state index is 1.11. The van der Waals surface area contributed by atoms with E-state index >= 15 is 0 Å². The molecule has 0 unspecified atom stereocenters. The van der Waals surface area contributed by atoms with Gasteiger partial charge in [0.15, 0.2) is 0 Å². The van der Waals surface area contributed by atoms with Crippen molar-refractivity contribution in [3.05, 3.63) is 142 Å². The topological polar surface area (TPSA) is 17.3 Å². The largest absolute Gasteiger partial charge is 0.309 e. The first-order chi connectivity index (χ1) is 16.8. The predicted octanol–water partition coefficient (Wildman–Crippen LogP) is 6.55. The fraction of sp³-hybridized carbons (Fsp3) is 0.0312. The summed E-state index contributed by atoms with van der Waals surface area (Å²) in [7, 11) is 0. The molecule has 0 bridgehead atoms. The summed E-state index contributed by atoms with van der Waals surface area (Å²) in [6.45, 7) is 2.23. The van der Waals surface area contributed by atoms with E-state index in [1.54, 1.807) is 0 Å². The van der Waals surface area contributed by atoms with E-state index in [1.807, 2.05) is 0 Å². The third kappa shape index (κ3) is 2.85. The van der Waals surface area contributed by atoms with E-state index in [0.717, 1.165) is 11.0 Å². The first-order valence-corrected chi connectivity index (χ1v) is 11.7. The molecule has 7 rings (SSSR count). The molecule has 0 aliphatic carbocycles. The Labute approximate surface area is 197 Å². The first-order valence-electron chi connectivity index (χ1n) is 11.7. The Morgan fingerprint density at radius 2 is 1.35 bits per heavy atom. The van der Waals surface area contributed by atoms with E-state index < -0.39 is 0 Å². The highest BCUT2D eigenvalue weighted by atomic mass is 15.0. The summed E-state index contributed by atoms with van der Waals surface area (Å²) in [5, 5.41) is 7.39. The second-order valence-electron chi connectivity index (χ2n) is 8.88. The van der Waals surface area contributed by atoms with Gasteiger partial charge < -0.3 is 4.57 Å². The van der Waals surface area contributed by atoms with Crippen molar-refractivity contribution in [1.29, 1.82) is 0 Å². The van der Waals surface area contributed by atoms with Gasteiger partial charge in [-0.2, -0.15) is 0 Å². The minimum Gasteiger partial charge on any atom is -0.309 e. The smallest absolute Gasteiger partial charge is 0.0973 e. The average Bonchev–Trinajstić information content (AvgIpc) is 3.63. The number of aromatic nitrogens is 1. The Morgan fingerprint density at radius 3 is 2.26 bits per heavy atom. The lowest BCUT2D eigenvalue weighted by molar-refractivity contribution is 1.18. The van der Waals surface area contributed by atoms with Crippen LogP contribution in [0.25, 0.3) is 33.1 Å². The van der Waals surface area contributed by atoms with Gasteiger partial charge in [0.05, 0.1) is 22.1 Å². The quantitative estimate of drug-likeness (QED) is 0.293. The molecule has 0 fully saturated rings. The monoisotopic (exact) mass is 434 g/mol. The molecule has 0 saturated heterocycles. The molecule has 2 heteroatoms. The molecule has 0 saturated carbocycles. The summed E-state index contributed by atoms with van der Waals surface area (Å²) in [5.41, 5.74) is 7.26. The van der Waals surface area contributed by atoms with Crippen molar-refractivity contribution in [3.63, 3.8) is 0 Å². The summed E-state index contributed by atoms with van der Waals surface area (Å²) in [6, 6.07) is 41.2. The second-order valence-corrected chi connectivity index (χ2v) is 8.88. The molecular weight excluding hydrogens is 412 g/mol. The van der Waals surface area contributed by atoms with Gasteiger partial charge in [0, 0.05) is 21.7 Å². The van der Waals surface area contributed by atoms with Crippen LogP contribution in [0.4, 0.5) is 5.69 Å². The van der Waals surface area contributed by atoms with E-state index in [2.05, 4.69) is 132 Å². The number of para-hydroxylation sites is 3. The molecule has 2 nitrogen and oxygen atoms in total.